The highest BCUT2D eigenvalue weighted by Gasteiger charge is 2.24. The third-order valence-electron chi connectivity index (χ3n) is 4.76. The highest BCUT2D eigenvalue weighted by molar-refractivity contribution is 6.23. The van der Waals surface area contributed by atoms with E-state index in [-0.39, 0.29) is 11.4 Å². The fourth-order valence-electron chi connectivity index (χ4n) is 3.47. The largest absolute Gasteiger partial charge is 0.343 e. The molecule has 2 aromatic heterocycles. The van der Waals surface area contributed by atoms with Crippen LogP contribution in [0.15, 0.2) is 84.7 Å². The molecule has 134 valence electrons. The number of para-hydroxylation sites is 1. The van der Waals surface area contributed by atoms with Crippen LogP contribution in [0.5, 0.6) is 0 Å². The van der Waals surface area contributed by atoms with Crippen LogP contribution in [-0.2, 0) is 7.05 Å². The van der Waals surface area contributed by atoms with E-state index in [0.29, 0.717) is 5.56 Å². The molecule has 4 rings (SSSR count). The summed E-state index contributed by atoms with van der Waals surface area (Å²) in [4.78, 5) is 17.5. The van der Waals surface area contributed by atoms with E-state index in [9.17, 15) is 10.1 Å². The van der Waals surface area contributed by atoms with Crippen LogP contribution in [0.2, 0.25) is 0 Å². The first-order valence-corrected chi connectivity index (χ1v) is 8.90. The van der Waals surface area contributed by atoms with Crippen LogP contribution in [0.4, 0.5) is 0 Å². The summed E-state index contributed by atoms with van der Waals surface area (Å²) in [7, 11) is 1.94. The Morgan fingerprint density at radius 2 is 1.68 bits per heavy atom. The number of nitrogens with zero attached hydrogens (tertiary/aromatic N) is 3. The molecular weight excluding hydrogens is 346 g/mol. The number of aryl methyl sites for hydroxylation is 1. The Hall–Kier alpha value is -3.97. The summed E-state index contributed by atoms with van der Waals surface area (Å²) in [5.74, 6) is -0.282. The molecule has 0 radical (unpaired) electrons. The van der Waals surface area contributed by atoms with Crippen LogP contribution < -0.4 is 0 Å². The lowest BCUT2D eigenvalue weighted by Gasteiger charge is -2.08. The van der Waals surface area contributed by atoms with Crippen LogP contribution in [0, 0.1) is 11.3 Å². The molecule has 0 saturated heterocycles. The Bertz CT molecular complexity index is 1230. The van der Waals surface area contributed by atoms with E-state index in [2.05, 4.69) is 11.1 Å². The Morgan fingerprint density at radius 1 is 1.00 bits per heavy atom. The van der Waals surface area contributed by atoms with Crippen molar-refractivity contribution in [3.05, 3.63) is 95.8 Å². The van der Waals surface area contributed by atoms with Crippen molar-refractivity contribution in [2.45, 2.75) is 0 Å². The molecule has 4 nitrogen and oxygen atoms in total. The lowest BCUT2D eigenvalue weighted by atomic mass is 9.96. The van der Waals surface area contributed by atoms with Crippen LogP contribution in [0.3, 0.4) is 0 Å². The van der Waals surface area contributed by atoms with Gasteiger partial charge in [0.05, 0.1) is 11.3 Å². The monoisotopic (exact) mass is 363 g/mol. The van der Waals surface area contributed by atoms with Gasteiger partial charge in [0.1, 0.15) is 11.6 Å². The normalized spacial score (nSPS) is 11.4. The molecule has 2 aromatic carbocycles. The summed E-state index contributed by atoms with van der Waals surface area (Å²) in [5.41, 5.74) is 4.10. The van der Waals surface area contributed by atoms with Crippen LogP contribution >= 0.6 is 0 Å². The fraction of sp³-hybridized carbons (Fsp3) is 0.0417. The molecule has 0 unspecified atom stereocenters. The van der Waals surface area contributed by atoms with Crippen molar-refractivity contribution in [2.24, 2.45) is 7.05 Å². The SMILES string of the molecule is Cn1c(-c2ccccc2)c(C(=O)/C(C#N)=C/c2ccncc2)c2ccccc21. The molecule has 0 bridgehead atoms. The quantitative estimate of drug-likeness (QED) is 0.290. The van der Waals surface area contributed by atoms with E-state index >= 15 is 0 Å². The Morgan fingerprint density at radius 3 is 2.39 bits per heavy atom. The number of nitriles is 1. The number of benzene rings is 2. The average Bonchev–Trinajstić information content (AvgIpc) is 3.05. The maximum Gasteiger partial charge on any atom is 0.206 e. The number of hydrogen-bond donors (Lipinski definition) is 0. The molecule has 0 aliphatic carbocycles. The van der Waals surface area contributed by atoms with Crippen molar-refractivity contribution in [3.8, 4) is 17.3 Å². The minimum atomic E-state index is -0.282. The number of Topliss-reactive ketones (excluding diaryl/α,β-unsaturated/α-hetero) is 1. The third kappa shape index (κ3) is 3.00. The van der Waals surface area contributed by atoms with Gasteiger partial charge >= 0.3 is 0 Å². The van der Waals surface area contributed by atoms with Crippen molar-refractivity contribution in [3.63, 3.8) is 0 Å². The van der Waals surface area contributed by atoms with Crippen LogP contribution in [0.1, 0.15) is 15.9 Å². The maximum absolute atomic E-state index is 13.5. The second-order valence-corrected chi connectivity index (χ2v) is 6.45. The first kappa shape index (κ1) is 17.4. The van der Waals surface area contributed by atoms with Crippen molar-refractivity contribution < 1.29 is 4.79 Å². The number of hydrogen-bond acceptors (Lipinski definition) is 3. The van der Waals surface area contributed by atoms with Crippen molar-refractivity contribution in [1.29, 1.82) is 5.26 Å². The number of rotatable bonds is 4. The Labute approximate surface area is 163 Å². The zero-order valence-electron chi connectivity index (χ0n) is 15.3. The van der Waals surface area contributed by atoms with E-state index in [0.717, 1.165) is 27.7 Å². The van der Waals surface area contributed by atoms with Crippen molar-refractivity contribution in [2.75, 3.05) is 0 Å². The minimum Gasteiger partial charge on any atom is -0.343 e. The molecule has 0 saturated carbocycles. The van der Waals surface area contributed by atoms with Gasteiger partial charge in [0.25, 0.3) is 0 Å². The van der Waals surface area contributed by atoms with Gasteiger partial charge in [0.2, 0.25) is 5.78 Å². The van der Waals surface area contributed by atoms with Crippen LogP contribution in [0.25, 0.3) is 28.2 Å². The summed E-state index contributed by atoms with van der Waals surface area (Å²) in [6.07, 6.45) is 4.89. The summed E-state index contributed by atoms with van der Waals surface area (Å²) >= 11 is 0. The van der Waals surface area contributed by atoms with E-state index in [1.165, 1.54) is 0 Å². The maximum atomic E-state index is 13.5. The lowest BCUT2D eigenvalue weighted by Crippen LogP contribution is -2.05. The highest BCUT2D eigenvalue weighted by atomic mass is 16.1. The van der Waals surface area contributed by atoms with E-state index in [1.807, 2.05) is 66.2 Å². The molecule has 0 aliphatic rings. The molecule has 0 fully saturated rings. The van der Waals surface area contributed by atoms with Gasteiger partial charge in [-0.2, -0.15) is 5.26 Å². The number of ketones is 1. The molecule has 0 spiro atoms. The topological polar surface area (TPSA) is 58.7 Å². The summed E-state index contributed by atoms with van der Waals surface area (Å²) in [5, 5.41) is 10.5. The third-order valence-corrected chi connectivity index (χ3v) is 4.76. The molecule has 0 aliphatic heterocycles. The lowest BCUT2D eigenvalue weighted by molar-refractivity contribution is 0.104. The molecular formula is C24H17N3O. The molecule has 4 aromatic rings. The van der Waals surface area contributed by atoms with E-state index in [4.69, 9.17) is 0 Å². The molecule has 0 N–H and O–H groups in total. The summed E-state index contributed by atoms with van der Waals surface area (Å²) in [6, 6.07) is 23.2. The van der Waals surface area contributed by atoms with Gasteiger partial charge in [-0.25, -0.2) is 0 Å². The van der Waals surface area contributed by atoms with Gasteiger partial charge in [-0.3, -0.25) is 9.78 Å². The first-order chi connectivity index (χ1) is 13.7. The second kappa shape index (κ2) is 7.34. The predicted molar refractivity (Wildman–Crippen MR) is 111 cm³/mol. The van der Waals surface area contributed by atoms with Gasteiger partial charge in [-0.1, -0.05) is 48.5 Å². The van der Waals surface area contributed by atoms with Crippen molar-refractivity contribution >= 4 is 22.8 Å². The Balaban J connectivity index is 1.96. The molecule has 2 heterocycles. The van der Waals surface area contributed by atoms with Gasteiger partial charge in [-0.15, -0.1) is 0 Å². The zero-order valence-corrected chi connectivity index (χ0v) is 15.3. The first-order valence-electron chi connectivity index (χ1n) is 8.90. The Kier molecular flexibility index (Phi) is 4.57. The number of aromatic nitrogens is 2. The van der Waals surface area contributed by atoms with E-state index in [1.54, 1.807) is 30.6 Å². The second-order valence-electron chi connectivity index (χ2n) is 6.45. The highest BCUT2D eigenvalue weighted by Crippen LogP contribution is 2.34. The zero-order chi connectivity index (χ0) is 19.5. The minimum absolute atomic E-state index is 0.0970. The molecule has 28 heavy (non-hydrogen) atoms. The number of carbonyl (C=O) groups excluding carboxylic acids is 1. The summed E-state index contributed by atoms with van der Waals surface area (Å²) in [6.45, 7) is 0. The standard InChI is InChI=1S/C24H17N3O/c1-27-21-10-6-5-9-20(21)22(23(27)18-7-3-2-4-8-18)24(28)19(16-25)15-17-11-13-26-14-12-17/h2-15H,1H3/b19-15+. The fourth-order valence-corrected chi connectivity index (χ4v) is 3.47. The van der Waals surface area contributed by atoms with Crippen molar-refractivity contribution in [1.82, 2.24) is 9.55 Å². The predicted octanol–water partition coefficient (Wildman–Crippen LogP) is 5.03. The average molecular weight is 363 g/mol. The number of fused-ring (bicyclic) bond motifs is 1. The number of allylic oxidation sites excluding steroid dienone is 1. The number of carbonyl (C=O) groups is 1. The number of pyridine rings is 1. The van der Waals surface area contributed by atoms with Gasteiger partial charge in [0.15, 0.2) is 0 Å². The summed E-state index contributed by atoms with van der Waals surface area (Å²) < 4.78 is 2.01. The van der Waals surface area contributed by atoms with Gasteiger partial charge in [-0.05, 0) is 35.4 Å². The molecule has 0 amide bonds. The van der Waals surface area contributed by atoms with Crippen LogP contribution in [-0.4, -0.2) is 15.3 Å². The molecule has 4 heteroatoms. The smallest absolute Gasteiger partial charge is 0.206 e. The van der Waals surface area contributed by atoms with Gasteiger partial charge < -0.3 is 4.57 Å². The molecule has 0 atom stereocenters. The van der Waals surface area contributed by atoms with E-state index < -0.39 is 0 Å². The van der Waals surface area contributed by atoms with Gasteiger partial charge in [0, 0.05) is 30.3 Å².